The first-order valence-corrected chi connectivity index (χ1v) is 6.30. The van der Waals surface area contributed by atoms with Crippen LogP contribution >= 0.6 is 0 Å². The second kappa shape index (κ2) is 4.05. The van der Waals surface area contributed by atoms with Crippen LogP contribution in [-0.4, -0.2) is 21.5 Å². The minimum atomic E-state index is -3.55. The molecule has 0 saturated carbocycles. The highest BCUT2D eigenvalue weighted by atomic mass is 32.2. The summed E-state index contributed by atoms with van der Waals surface area (Å²) in [5, 5.41) is 1.25. The van der Waals surface area contributed by atoms with E-state index >= 15 is 0 Å². The summed E-state index contributed by atoms with van der Waals surface area (Å²) < 4.78 is 37.0. The molecule has 0 unspecified atom stereocenters. The van der Waals surface area contributed by atoms with E-state index in [9.17, 15) is 8.42 Å². The van der Waals surface area contributed by atoms with Crippen molar-refractivity contribution in [1.82, 2.24) is 0 Å². The lowest BCUT2D eigenvalue weighted by atomic mass is 10.2. The molecule has 1 aromatic rings. The van der Waals surface area contributed by atoms with Gasteiger partial charge in [-0.15, -0.1) is 0 Å². The fourth-order valence-corrected chi connectivity index (χ4v) is 1.78. The third-order valence-corrected chi connectivity index (χ3v) is 2.37. The first kappa shape index (κ1) is 10.8. The van der Waals surface area contributed by atoms with E-state index < -0.39 is 10.1 Å². The average Bonchev–Trinajstić information content (AvgIpc) is 2.41. The van der Waals surface area contributed by atoms with Gasteiger partial charge >= 0.3 is 10.1 Å². The minimum absolute atomic E-state index is 0.0903. The largest absolute Gasteiger partial charge is 0.464 e. The highest BCUT2D eigenvalue weighted by molar-refractivity contribution is 7.86. The zero-order chi connectivity index (χ0) is 11.6. The molecule has 86 valence electrons. The van der Waals surface area contributed by atoms with Crippen LogP contribution in [0.4, 0.5) is 0 Å². The summed E-state index contributed by atoms with van der Waals surface area (Å²) in [7, 11) is -3.55. The van der Waals surface area contributed by atoms with Gasteiger partial charge in [-0.25, -0.2) is 0 Å². The van der Waals surface area contributed by atoms with E-state index in [-0.39, 0.29) is 12.5 Å². The molecule has 0 aliphatic carbocycles. The maximum absolute atomic E-state index is 11.1. The zero-order valence-corrected chi connectivity index (χ0v) is 9.36. The third kappa shape index (κ3) is 2.46. The first-order valence-electron chi connectivity index (χ1n) is 4.48. The van der Waals surface area contributed by atoms with Crippen molar-refractivity contribution < 1.29 is 22.1 Å². The SMILES string of the molecule is CS(=O)(=O)Oc1cccc2c1=COCOC=2. The summed E-state index contributed by atoms with van der Waals surface area (Å²) >= 11 is 0. The molecular weight excluding hydrogens is 232 g/mol. The van der Waals surface area contributed by atoms with E-state index in [0.29, 0.717) is 10.4 Å². The molecule has 0 radical (unpaired) electrons. The van der Waals surface area contributed by atoms with Crippen molar-refractivity contribution >= 4 is 22.6 Å². The Balaban J connectivity index is 2.61. The Morgan fingerprint density at radius 2 is 2.00 bits per heavy atom. The van der Waals surface area contributed by atoms with Crippen molar-refractivity contribution in [2.45, 2.75) is 0 Å². The molecule has 0 atom stereocenters. The van der Waals surface area contributed by atoms with Crippen molar-refractivity contribution in [3.05, 3.63) is 28.6 Å². The van der Waals surface area contributed by atoms with Crippen molar-refractivity contribution in [2.24, 2.45) is 0 Å². The number of hydrogen-bond acceptors (Lipinski definition) is 5. The van der Waals surface area contributed by atoms with Gasteiger partial charge in [-0.3, -0.25) is 0 Å². The molecule has 0 aromatic heterocycles. The van der Waals surface area contributed by atoms with Gasteiger partial charge in [0.15, 0.2) is 5.75 Å². The van der Waals surface area contributed by atoms with Crippen LogP contribution in [0.1, 0.15) is 0 Å². The number of fused-ring (bicyclic) bond motifs is 1. The fourth-order valence-electron chi connectivity index (χ4n) is 1.31. The number of ether oxygens (including phenoxy) is 2. The Kier molecular flexibility index (Phi) is 2.74. The maximum Gasteiger partial charge on any atom is 0.306 e. The van der Waals surface area contributed by atoms with Crippen LogP contribution in [0.2, 0.25) is 0 Å². The smallest absolute Gasteiger partial charge is 0.306 e. The Labute approximate surface area is 92.7 Å². The summed E-state index contributed by atoms with van der Waals surface area (Å²) in [5.74, 6) is 0.224. The van der Waals surface area contributed by atoms with Gasteiger partial charge in [-0.05, 0) is 6.07 Å². The van der Waals surface area contributed by atoms with E-state index in [1.165, 1.54) is 12.5 Å². The van der Waals surface area contributed by atoms with Crippen LogP contribution in [0.25, 0.3) is 12.5 Å². The molecule has 0 amide bonds. The molecule has 0 saturated heterocycles. The molecule has 2 rings (SSSR count). The Morgan fingerprint density at radius 1 is 1.25 bits per heavy atom. The van der Waals surface area contributed by atoms with Crippen molar-refractivity contribution in [3.63, 3.8) is 0 Å². The van der Waals surface area contributed by atoms with Crippen LogP contribution in [0, 0.1) is 0 Å². The van der Waals surface area contributed by atoms with Gasteiger partial charge < -0.3 is 13.7 Å². The van der Waals surface area contributed by atoms with E-state index in [1.54, 1.807) is 18.2 Å². The standard InChI is InChI=1S/C10H10O5S/c1-16(11,12)15-10-4-2-3-8-5-13-7-14-6-9(8)10/h2-6H,7H2,1H3. The van der Waals surface area contributed by atoms with Gasteiger partial charge in [0.25, 0.3) is 0 Å². The van der Waals surface area contributed by atoms with Crippen LogP contribution in [-0.2, 0) is 19.6 Å². The summed E-state index contributed by atoms with van der Waals surface area (Å²) in [6.07, 6.45) is 3.90. The zero-order valence-electron chi connectivity index (χ0n) is 8.54. The molecule has 1 heterocycles. The highest BCUT2D eigenvalue weighted by Crippen LogP contribution is 2.04. The highest BCUT2D eigenvalue weighted by Gasteiger charge is 2.07. The van der Waals surface area contributed by atoms with Crippen LogP contribution < -0.4 is 14.6 Å². The topological polar surface area (TPSA) is 61.8 Å². The van der Waals surface area contributed by atoms with Gasteiger partial charge in [-0.1, -0.05) is 12.1 Å². The molecule has 0 spiro atoms. The normalized spacial score (nSPS) is 14.3. The van der Waals surface area contributed by atoms with Gasteiger partial charge in [0.2, 0.25) is 6.79 Å². The summed E-state index contributed by atoms with van der Waals surface area (Å²) in [6, 6.07) is 5.01. The van der Waals surface area contributed by atoms with E-state index in [4.69, 9.17) is 13.7 Å². The van der Waals surface area contributed by atoms with Crippen LogP contribution in [0.3, 0.4) is 0 Å². The fraction of sp³-hybridized carbons (Fsp3) is 0.200. The Morgan fingerprint density at radius 3 is 2.75 bits per heavy atom. The first-order chi connectivity index (χ1) is 7.56. The number of rotatable bonds is 2. The van der Waals surface area contributed by atoms with E-state index in [2.05, 4.69) is 0 Å². The lowest BCUT2D eigenvalue weighted by molar-refractivity contribution is 0.0898. The average molecular weight is 242 g/mol. The molecule has 16 heavy (non-hydrogen) atoms. The second-order valence-electron chi connectivity index (χ2n) is 3.23. The Hall–Kier alpha value is -1.69. The van der Waals surface area contributed by atoms with Crippen LogP contribution in [0.15, 0.2) is 18.2 Å². The van der Waals surface area contributed by atoms with Gasteiger partial charge in [-0.2, -0.15) is 8.42 Å². The lowest BCUT2D eigenvalue weighted by Gasteiger charge is -2.02. The Bertz CT molecular complexity index is 603. The molecule has 0 fully saturated rings. The van der Waals surface area contributed by atoms with Crippen LogP contribution in [0.5, 0.6) is 5.75 Å². The van der Waals surface area contributed by atoms with E-state index in [1.807, 2.05) is 0 Å². The molecule has 0 bridgehead atoms. The predicted molar refractivity (Wildman–Crippen MR) is 57.1 cm³/mol. The summed E-state index contributed by atoms with van der Waals surface area (Å²) in [6.45, 7) is 0.0903. The molecule has 1 aliphatic rings. The predicted octanol–water partition coefficient (Wildman–Crippen LogP) is -0.495. The summed E-state index contributed by atoms with van der Waals surface area (Å²) in [5.41, 5.74) is 0. The van der Waals surface area contributed by atoms with Crippen molar-refractivity contribution in [1.29, 1.82) is 0 Å². The van der Waals surface area contributed by atoms with Gasteiger partial charge in [0.05, 0.1) is 24.0 Å². The molecule has 5 nitrogen and oxygen atoms in total. The molecule has 1 aliphatic heterocycles. The lowest BCUT2D eigenvalue weighted by Crippen LogP contribution is -2.27. The van der Waals surface area contributed by atoms with Crippen molar-refractivity contribution in [3.8, 4) is 5.75 Å². The third-order valence-electron chi connectivity index (χ3n) is 1.89. The molecule has 6 heteroatoms. The monoisotopic (exact) mass is 242 g/mol. The number of benzene rings is 1. The second-order valence-corrected chi connectivity index (χ2v) is 4.81. The van der Waals surface area contributed by atoms with Crippen molar-refractivity contribution in [2.75, 3.05) is 13.0 Å². The van der Waals surface area contributed by atoms with Gasteiger partial charge in [0, 0.05) is 5.22 Å². The minimum Gasteiger partial charge on any atom is -0.464 e. The van der Waals surface area contributed by atoms with E-state index in [0.717, 1.165) is 6.26 Å². The summed E-state index contributed by atoms with van der Waals surface area (Å²) in [4.78, 5) is 0. The quantitative estimate of drug-likeness (QED) is 0.655. The molecule has 0 N–H and O–H groups in total. The molecule has 1 aromatic carbocycles. The van der Waals surface area contributed by atoms with Gasteiger partial charge in [0.1, 0.15) is 0 Å². The molecular formula is C10H10O5S. The maximum atomic E-state index is 11.1. The number of hydrogen-bond donors (Lipinski definition) is 0.